The van der Waals surface area contributed by atoms with Gasteiger partial charge in [0.25, 0.3) is 0 Å². The number of hydrogen-bond acceptors (Lipinski definition) is 3. The van der Waals surface area contributed by atoms with Crippen molar-refractivity contribution in [3.8, 4) is 0 Å². The van der Waals surface area contributed by atoms with Crippen LogP contribution in [0.2, 0.25) is 0 Å². The highest BCUT2D eigenvalue weighted by molar-refractivity contribution is 5.36. The van der Waals surface area contributed by atoms with E-state index in [9.17, 15) is 13.2 Å². The minimum Gasteiger partial charge on any atom is -0.369 e. The van der Waals surface area contributed by atoms with Gasteiger partial charge in [0.1, 0.15) is 5.82 Å². The summed E-state index contributed by atoms with van der Waals surface area (Å²) >= 11 is 0. The van der Waals surface area contributed by atoms with E-state index in [1.54, 1.807) is 0 Å². The first-order chi connectivity index (χ1) is 8.05. The molecule has 0 spiro atoms. The monoisotopic (exact) mass is 245 g/mol. The molecule has 0 atom stereocenters. The van der Waals surface area contributed by atoms with Crippen molar-refractivity contribution >= 4 is 5.82 Å². The van der Waals surface area contributed by atoms with Gasteiger partial charge in [-0.25, -0.2) is 4.98 Å². The third-order valence-corrected chi connectivity index (χ3v) is 2.53. The predicted octanol–water partition coefficient (Wildman–Crippen LogP) is 2.26. The summed E-state index contributed by atoms with van der Waals surface area (Å²) in [4.78, 5) is 3.72. The van der Waals surface area contributed by atoms with Crippen LogP contribution in [0.1, 0.15) is 18.4 Å². The average Bonchev–Trinajstić information content (AvgIpc) is 3.08. The molecule has 0 aromatic carbocycles. The maximum atomic E-state index is 12.3. The molecule has 1 aromatic heterocycles. The molecule has 6 heteroatoms. The first-order valence-corrected chi connectivity index (χ1v) is 5.56. The van der Waals surface area contributed by atoms with Crippen molar-refractivity contribution in [1.29, 1.82) is 0 Å². The minimum atomic E-state index is -4.32. The average molecular weight is 245 g/mol. The Hall–Kier alpha value is -1.30. The lowest BCUT2D eigenvalue weighted by Gasteiger charge is -2.08. The second-order valence-electron chi connectivity index (χ2n) is 4.09. The Morgan fingerprint density at radius 2 is 2.00 bits per heavy atom. The van der Waals surface area contributed by atoms with Crippen molar-refractivity contribution in [3.05, 3.63) is 23.9 Å². The van der Waals surface area contributed by atoms with Crippen LogP contribution in [0.15, 0.2) is 18.3 Å². The van der Waals surface area contributed by atoms with Gasteiger partial charge in [-0.15, -0.1) is 0 Å². The van der Waals surface area contributed by atoms with Crippen LogP contribution in [0, 0.1) is 0 Å². The number of anilines is 1. The molecular formula is C11H14F3N3. The molecule has 0 bridgehead atoms. The van der Waals surface area contributed by atoms with Crippen LogP contribution >= 0.6 is 0 Å². The van der Waals surface area contributed by atoms with E-state index in [-0.39, 0.29) is 0 Å². The van der Waals surface area contributed by atoms with Crippen LogP contribution in [0.4, 0.5) is 19.0 Å². The van der Waals surface area contributed by atoms with Crippen molar-refractivity contribution in [3.63, 3.8) is 0 Å². The predicted molar refractivity (Wildman–Crippen MR) is 58.8 cm³/mol. The van der Waals surface area contributed by atoms with E-state index in [0.717, 1.165) is 18.8 Å². The standard InChI is InChI=1S/C11H14F3N3/c12-11(13,14)8-1-4-10(17-7-8)16-6-5-15-9-2-3-9/h1,4,7,9,15H,2-3,5-6H2,(H,16,17). The summed E-state index contributed by atoms with van der Waals surface area (Å²) < 4.78 is 36.8. The highest BCUT2D eigenvalue weighted by atomic mass is 19.4. The summed E-state index contributed by atoms with van der Waals surface area (Å²) in [6.07, 6.45) is -1.03. The lowest BCUT2D eigenvalue weighted by Crippen LogP contribution is -2.24. The van der Waals surface area contributed by atoms with Gasteiger partial charge < -0.3 is 10.6 Å². The SMILES string of the molecule is FC(F)(F)c1ccc(NCCNC2CC2)nc1. The number of hydrogen-bond donors (Lipinski definition) is 2. The second-order valence-corrected chi connectivity index (χ2v) is 4.09. The van der Waals surface area contributed by atoms with E-state index in [4.69, 9.17) is 0 Å². The lowest BCUT2D eigenvalue weighted by molar-refractivity contribution is -0.137. The Labute approximate surface area is 97.4 Å². The molecule has 1 aliphatic rings. The smallest absolute Gasteiger partial charge is 0.369 e. The van der Waals surface area contributed by atoms with Crippen molar-refractivity contribution in [2.75, 3.05) is 18.4 Å². The number of nitrogens with zero attached hydrogens (tertiary/aromatic N) is 1. The highest BCUT2D eigenvalue weighted by Gasteiger charge is 2.30. The fourth-order valence-corrected chi connectivity index (χ4v) is 1.42. The topological polar surface area (TPSA) is 37.0 Å². The maximum absolute atomic E-state index is 12.3. The van der Waals surface area contributed by atoms with E-state index < -0.39 is 11.7 Å². The molecule has 17 heavy (non-hydrogen) atoms. The summed E-state index contributed by atoms with van der Waals surface area (Å²) in [7, 11) is 0. The molecule has 1 heterocycles. The summed E-state index contributed by atoms with van der Waals surface area (Å²) in [5.41, 5.74) is -0.723. The molecule has 1 fully saturated rings. The van der Waals surface area contributed by atoms with Gasteiger partial charge in [-0.3, -0.25) is 0 Å². The molecule has 0 unspecified atom stereocenters. The zero-order valence-electron chi connectivity index (χ0n) is 9.22. The van der Waals surface area contributed by atoms with Crippen LogP contribution in [0.5, 0.6) is 0 Å². The summed E-state index contributed by atoms with van der Waals surface area (Å²) in [6, 6.07) is 3.02. The number of pyridine rings is 1. The number of alkyl halides is 3. The zero-order chi connectivity index (χ0) is 12.3. The van der Waals surface area contributed by atoms with Crippen molar-refractivity contribution in [2.24, 2.45) is 0 Å². The third kappa shape index (κ3) is 3.89. The Balaban J connectivity index is 1.76. The van der Waals surface area contributed by atoms with Gasteiger partial charge in [0.15, 0.2) is 0 Å². The molecule has 1 aromatic rings. The molecule has 3 nitrogen and oxygen atoms in total. The summed E-state index contributed by atoms with van der Waals surface area (Å²) in [5.74, 6) is 0.468. The van der Waals surface area contributed by atoms with Crippen LogP contribution < -0.4 is 10.6 Å². The van der Waals surface area contributed by atoms with Gasteiger partial charge >= 0.3 is 6.18 Å². The summed E-state index contributed by atoms with van der Waals surface area (Å²) in [6.45, 7) is 1.46. The number of aromatic nitrogens is 1. The molecule has 0 aliphatic heterocycles. The number of halogens is 3. The van der Waals surface area contributed by atoms with E-state index in [2.05, 4.69) is 15.6 Å². The maximum Gasteiger partial charge on any atom is 0.417 e. The molecule has 2 N–H and O–H groups in total. The molecule has 0 saturated heterocycles. The van der Waals surface area contributed by atoms with Crippen LogP contribution in [-0.2, 0) is 6.18 Å². The number of nitrogens with one attached hydrogen (secondary N) is 2. The second kappa shape index (κ2) is 4.91. The normalized spacial score (nSPS) is 15.9. The Bertz CT molecular complexity index is 357. The van der Waals surface area contributed by atoms with Gasteiger partial charge in [-0.1, -0.05) is 0 Å². The van der Waals surface area contributed by atoms with Crippen molar-refractivity contribution in [1.82, 2.24) is 10.3 Å². The molecule has 0 amide bonds. The quantitative estimate of drug-likeness (QED) is 0.781. The fraction of sp³-hybridized carbons (Fsp3) is 0.545. The molecule has 1 saturated carbocycles. The zero-order valence-corrected chi connectivity index (χ0v) is 9.22. The van der Waals surface area contributed by atoms with Crippen LogP contribution in [0.25, 0.3) is 0 Å². The first kappa shape index (κ1) is 12.2. The Morgan fingerprint density at radius 1 is 1.24 bits per heavy atom. The molecule has 2 rings (SSSR count). The van der Waals surface area contributed by atoms with Crippen molar-refractivity contribution < 1.29 is 13.2 Å². The van der Waals surface area contributed by atoms with Gasteiger partial charge in [0.05, 0.1) is 5.56 Å². The van der Waals surface area contributed by atoms with Crippen LogP contribution in [0.3, 0.4) is 0 Å². The van der Waals surface area contributed by atoms with Gasteiger partial charge in [0, 0.05) is 25.3 Å². The fourth-order valence-electron chi connectivity index (χ4n) is 1.42. The first-order valence-electron chi connectivity index (χ1n) is 5.56. The van der Waals surface area contributed by atoms with E-state index in [1.165, 1.54) is 18.9 Å². The molecule has 94 valence electrons. The minimum absolute atomic E-state index is 0.468. The van der Waals surface area contributed by atoms with Gasteiger partial charge in [-0.2, -0.15) is 13.2 Å². The molecule has 1 aliphatic carbocycles. The molecule has 0 radical (unpaired) electrons. The van der Waals surface area contributed by atoms with Crippen molar-refractivity contribution in [2.45, 2.75) is 25.1 Å². The Morgan fingerprint density at radius 3 is 2.53 bits per heavy atom. The molecular weight excluding hydrogens is 231 g/mol. The lowest BCUT2D eigenvalue weighted by atomic mass is 10.3. The van der Waals surface area contributed by atoms with E-state index >= 15 is 0 Å². The third-order valence-electron chi connectivity index (χ3n) is 2.53. The van der Waals surface area contributed by atoms with E-state index in [0.29, 0.717) is 18.4 Å². The largest absolute Gasteiger partial charge is 0.417 e. The van der Waals surface area contributed by atoms with Gasteiger partial charge in [-0.05, 0) is 25.0 Å². The van der Waals surface area contributed by atoms with Gasteiger partial charge in [0.2, 0.25) is 0 Å². The van der Waals surface area contributed by atoms with E-state index in [1.807, 2.05) is 0 Å². The highest BCUT2D eigenvalue weighted by Crippen LogP contribution is 2.28. The van der Waals surface area contributed by atoms with Crippen LogP contribution in [-0.4, -0.2) is 24.1 Å². The summed E-state index contributed by atoms with van der Waals surface area (Å²) in [5, 5.41) is 6.26. The number of rotatable bonds is 5. The Kier molecular flexibility index (Phi) is 3.51.